The molecule has 118 valence electrons. The van der Waals surface area contributed by atoms with E-state index in [1.165, 1.54) is 0 Å². The van der Waals surface area contributed by atoms with E-state index in [-0.39, 0.29) is 6.03 Å². The second-order valence-corrected chi connectivity index (χ2v) is 5.67. The van der Waals surface area contributed by atoms with Crippen LogP contribution in [0.4, 0.5) is 10.5 Å². The van der Waals surface area contributed by atoms with Gasteiger partial charge in [0.15, 0.2) is 0 Å². The van der Waals surface area contributed by atoms with Gasteiger partial charge in [0.1, 0.15) is 0 Å². The van der Waals surface area contributed by atoms with Gasteiger partial charge in [-0.25, -0.2) is 4.79 Å². The normalized spacial score (nSPS) is 10.7. The molecule has 5 heteroatoms. The maximum absolute atomic E-state index is 12.3. The van der Waals surface area contributed by atoms with Crippen LogP contribution in [0.25, 0.3) is 10.8 Å². The molecule has 0 aliphatic rings. The van der Waals surface area contributed by atoms with E-state index >= 15 is 0 Å². The second kappa shape index (κ2) is 6.12. The predicted octanol–water partition coefficient (Wildman–Crippen LogP) is 3.51. The number of anilines is 1. The van der Waals surface area contributed by atoms with Crippen LogP contribution in [0.5, 0.6) is 0 Å². The van der Waals surface area contributed by atoms with Crippen molar-refractivity contribution in [3.8, 4) is 0 Å². The summed E-state index contributed by atoms with van der Waals surface area (Å²) in [6.07, 6.45) is 1.78. The smallest absolute Gasteiger partial charge is 0.319 e. The molecule has 3 aromatic rings. The number of nitrogens with one attached hydrogen (secondary N) is 2. The first-order valence-corrected chi connectivity index (χ1v) is 7.57. The Bertz CT molecular complexity index is 867. The quantitative estimate of drug-likeness (QED) is 0.778. The summed E-state index contributed by atoms with van der Waals surface area (Å²) >= 11 is 0. The third-order valence-electron chi connectivity index (χ3n) is 4.15. The van der Waals surface area contributed by atoms with Gasteiger partial charge < -0.3 is 10.6 Å². The van der Waals surface area contributed by atoms with Crippen LogP contribution < -0.4 is 10.6 Å². The van der Waals surface area contributed by atoms with Crippen molar-refractivity contribution < 1.29 is 4.79 Å². The van der Waals surface area contributed by atoms with Crippen LogP contribution in [0.1, 0.15) is 16.8 Å². The average Bonchev–Trinajstić information content (AvgIpc) is 2.87. The molecule has 2 N–H and O–H groups in total. The van der Waals surface area contributed by atoms with Crippen LogP contribution in [0.3, 0.4) is 0 Å². The first-order chi connectivity index (χ1) is 11.1. The van der Waals surface area contributed by atoms with Gasteiger partial charge in [0.25, 0.3) is 0 Å². The van der Waals surface area contributed by atoms with Gasteiger partial charge >= 0.3 is 6.03 Å². The number of carbonyl (C=O) groups is 1. The Hall–Kier alpha value is -2.82. The van der Waals surface area contributed by atoms with E-state index in [9.17, 15) is 4.79 Å². The molecule has 0 unspecified atom stereocenters. The van der Waals surface area contributed by atoms with E-state index in [0.717, 1.165) is 33.3 Å². The third kappa shape index (κ3) is 3.04. The molecule has 1 aromatic heterocycles. The number of amides is 2. The Morgan fingerprint density at radius 3 is 2.70 bits per heavy atom. The van der Waals surface area contributed by atoms with E-state index in [0.29, 0.717) is 6.54 Å². The highest BCUT2D eigenvalue weighted by Gasteiger charge is 2.10. The molecule has 0 saturated carbocycles. The van der Waals surface area contributed by atoms with E-state index < -0.39 is 0 Å². The van der Waals surface area contributed by atoms with E-state index in [1.807, 2.05) is 51.2 Å². The van der Waals surface area contributed by atoms with Gasteiger partial charge in [-0.1, -0.05) is 36.4 Å². The number of urea groups is 1. The van der Waals surface area contributed by atoms with Gasteiger partial charge in [-0.3, -0.25) is 4.68 Å². The maximum atomic E-state index is 12.3. The fourth-order valence-electron chi connectivity index (χ4n) is 2.60. The number of benzene rings is 2. The SMILES string of the molecule is Cc1ccc2ccccc2c1NC(=O)NCc1cnn(C)c1C. The summed E-state index contributed by atoms with van der Waals surface area (Å²) in [5.41, 5.74) is 3.95. The second-order valence-electron chi connectivity index (χ2n) is 5.67. The molecule has 3 rings (SSSR count). The lowest BCUT2D eigenvalue weighted by molar-refractivity contribution is 0.251. The van der Waals surface area contributed by atoms with Crippen molar-refractivity contribution in [1.29, 1.82) is 0 Å². The molecular weight excluding hydrogens is 288 g/mol. The lowest BCUT2D eigenvalue weighted by Crippen LogP contribution is -2.28. The van der Waals surface area contributed by atoms with Crippen LogP contribution in [0, 0.1) is 13.8 Å². The standard InChI is InChI=1S/C18H20N4O/c1-12-8-9-14-6-4-5-7-16(14)17(12)21-18(23)19-10-15-11-20-22(3)13(15)2/h4-9,11H,10H2,1-3H3,(H2,19,21,23). The molecule has 1 heterocycles. The molecule has 0 aliphatic heterocycles. The topological polar surface area (TPSA) is 59.0 Å². The maximum Gasteiger partial charge on any atom is 0.319 e. The molecule has 23 heavy (non-hydrogen) atoms. The minimum Gasteiger partial charge on any atom is -0.334 e. The monoisotopic (exact) mass is 308 g/mol. The van der Waals surface area contributed by atoms with Crippen molar-refractivity contribution in [2.24, 2.45) is 7.05 Å². The number of fused-ring (bicyclic) bond motifs is 1. The minimum atomic E-state index is -0.215. The van der Waals surface area contributed by atoms with Crippen LogP contribution in [0.2, 0.25) is 0 Å². The fourth-order valence-corrected chi connectivity index (χ4v) is 2.60. The van der Waals surface area contributed by atoms with Crippen LogP contribution in [0.15, 0.2) is 42.6 Å². The number of aryl methyl sites for hydroxylation is 2. The van der Waals surface area contributed by atoms with E-state index in [4.69, 9.17) is 0 Å². The summed E-state index contributed by atoms with van der Waals surface area (Å²) in [5.74, 6) is 0. The van der Waals surface area contributed by atoms with Crippen LogP contribution in [-0.4, -0.2) is 15.8 Å². The number of nitrogens with zero attached hydrogens (tertiary/aromatic N) is 2. The summed E-state index contributed by atoms with van der Waals surface area (Å²) in [6, 6.07) is 11.9. The van der Waals surface area contributed by atoms with Gasteiger partial charge in [0.2, 0.25) is 0 Å². The molecule has 0 atom stereocenters. The lowest BCUT2D eigenvalue weighted by Gasteiger charge is -2.13. The van der Waals surface area contributed by atoms with Crippen molar-refractivity contribution in [2.75, 3.05) is 5.32 Å². The molecule has 0 aliphatic carbocycles. The van der Waals surface area contributed by atoms with Crippen molar-refractivity contribution in [2.45, 2.75) is 20.4 Å². The first kappa shape index (κ1) is 15.1. The van der Waals surface area contributed by atoms with Crippen molar-refractivity contribution in [3.05, 3.63) is 59.4 Å². The Kier molecular flexibility index (Phi) is 4.02. The number of aromatic nitrogens is 2. The van der Waals surface area contributed by atoms with Gasteiger partial charge in [-0.2, -0.15) is 5.10 Å². The molecule has 0 bridgehead atoms. The summed E-state index contributed by atoms with van der Waals surface area (Å²) in [6.45, 7) is 4.43. The molecule has 0 radical (unpaired) electrons. The largest absolute Gasteiger partial charge is 0.334 e. The zero-order valence-corrected chi connectivity index (χ0v) is 13.6. The predicted molar refractivity (Wildman–Crippen MR) is 92.5 cm³/mol. The highest BCUT2D eigenvalue weighted by molar-refractivity contribution is 6.02. The molecular formula is C18H20N4O. The highest BCUT2D eigenvalue weighted by Crippen LogP contribution is 2.26. The minimum absolute atomic E-state index is 0.215. The van der Waals surface area contributed by atoms with Gasteiger partial charge in [0, 0.05) is 30.2 Å². The first-order valence-electron chi connectivity index (χ1n) is 7.57. The summed E-state index contributed by atoms with van der Waals surface area (Å²) in [7, 11) is 1.89. The molecule has 0 saturated heterocycles. The molecule has 2 amide bonds. The summed E-state index contributed by atoms with van der Waals surface area (Å²) in [4.78, 5) is 12.3. The number of rotatable bonds is 3. The van der Waals surface area contributed by atoms with Gasteiger partial charge in [-0.05, 0) is 24.8 Å². The van der Waals surface area contributed by atoms with Gasteiger partial charge in [-0.15, -0.1) is 0 Å². The van der Waals surface area contributed by atoms with Crippen molar-refractivity contribution in [3.63, 3.8) is 0 Å². The number of carbonyl (C=O) groups excluding carboxylic acids is 1. The summed E-state index contributed by atoms with van der Waals surface area (Å²) in [5, 5.41) is 12.2. The van der Waals surface area contributed by atoms with Crippen molar-refractivity contribution >= 4 is 22.5 Å². The lowest BCUT2D eigenvalue weighted by atomic mass is 10.0. The Morgan fingerprint density at radius 2 is 1.96 bits per heavy atom. The Morgan fingerprint density at radius 1 is 1.17 bits per heavy atom. The van der Waals surface area contributed by atoms with Crippen molar-refractivity contribution in [1.82, 2.24) is 15.1 Å². The number of hydrogen-bond acceptors (Lipinski definition) is 2. The Labute approximate surface area is 135 Å². The molecule has 2 aromatic carbocycles. The molecule has 0 spiro atoms. The van der Waals surface area contributed by atoms with Gasteiger partial charge in [0.05, 0.1) is 11.9 Å². The van der Waals surface area contributed by atoms with Crippen LogP contribution in [-0.2, 0) is 13.6 Å². The zero-order chi connectivity index (χ0) is 16.4. The van der Waals surface area contributed by atoms with Crippen LogP contribution >= 0.6 is 0 Å². The number of hydrogen-bond donors (Lipinski definition) is 2. The average molecular weight is 308 g/mol. The molecule has 0 fully saturated rings. The summed E-state index contributed by atoms with van der Waals surface area (Å²) < 4.78 is 1.80. The van der Waals surface area contributed by atoms with E-state index in [1.54, 1.807) is 10.9 Å². The zero-order valence-electron chi connectivity index (χ0n) is 13.6. The fraction of sp³-hybridized carbons (Fsp3) is 0.222. The highest BCUT2D eigenvalue weighted by atomic mass is 16.2. The molecule has 5 nitrogen and oxygen atoms in total. The Balaban J connectivity index is 1.75. The third-order valence-corrected chi connectivity index (χ3v) is 4.15. The van der Waals surface area contributed by atoms with E-state index in [2.05, 4.69) is 21.8 Å².